The van der Waals surface area contributed by atoms with Crippen LogP contribution in [0.4, 0.5) is 0 Å². The van der Waals surface area contributed by atoms with Gasteiger partial charge >= 0.3 is 0 Å². The summed E-state index contributed by atoms with van der Waals surface area (Å²) >= 11 is 0. The van der Waals surface area contributed by atoms with Gasteiger partial charge in [0.2, 0.25) is 0 Å². The van der Waals surface area contributed by atoms with Crippen molar-refractivity contribution in [2.75, 3.05) is 13.2 Å². The Morgan fingerprint density at radius 1 is 1.25 bits per heavy atom. The first kappa shape index (κ1) is 12.9. The zero-order chi connectivity index (χ0) is 13.9. The van der Waals surface area contributed by atoms with Crippen LogP contribution in [0.3, 0.4) is 0 Å². The highest BCUT2D eigenvalue weighted by molar-refractivity contribution is 5.94. The van der Waals surface area contributed by atoms with Gasteiger partial charge in [-0.05, 0) is 31.9 Å². The topological polar surface area (TPSA) is 47.4 Å². The molecule has 2 heterocycles. The van der Waals surface area contributed by atoms with Gasteiger partial charge in [-0.2, -0.15) is 5.10 Å². The average molecular weight is 271 g/mol. The van der Waals surface area contributed by atoms with Crippen LogP contribution in [-0.4, -0.2) is 33.9 Å². The number of carbonyl (C=O) groups is 1. The van der Waals surface area contributed by atoms with Crippen LogP contribution >= 0.6 is 0 Å². The summed E-state index contributed by atoms with van der Waals surface area (Å²) in [5, 5.41) is 5.76. The zero-order valence-corrected chi connectivity index (χ0v) is 11.5. The van der Waals surface area contributed by atoms with Gasteiger partial charge in [0.05, 0.1) is 29.7 Å². The summed E-state index contributed by atoms with van der Waals surface area (Å²) in [4.78, 5) is 17.8. The van der Waals surface area contributed by atoms with Crippen LogP contribution in [0.1, 0.15) is 28.9 Å². The number of aromatic nitrogens is 2. The maximum atomic E-state index is 12.4. The van der Waals surface area contributed by atoms with Gasteiger partial charge in [0.15, 0.2) is 0 Å². The minimum atomic E-state index is -0.107. The summed E-state index contributed by atoms with van der Waals surface area (Å²) in [6.45, 7) is 3.16. The van der Waals surface area contributed by atoms with E-state index in [0.717, 1.165) is 24.2 Å². The third kappa shape index (κ3) is 2.32. The number of para-hydroxylation sites is 1. The normalized spacial score (nSPS) is 15.3. The molecule has 1 fully saturated rings. The fourth-order valence-corrected chi connectivity index (χ4v) is 2.34. The number of carbonyl (C=O) groups excluding carboxylic acids is 1. The molecule has 1 saturated heterocycles. The minimum absolute atomic E-state index is 0.107. The molecular formula is C15H17N3O2. The number of hydroxylamine groups is 2. The molecule has 1 aromatic heterocycles. The number of rotatable bonds is 2. The molecule has 0 bridgehead atoms. The van der Waals surface area contributed by atoms with Crippen LogP contribution in [0.5, 0.6) is 0 Å². The average Bonchev–Trinajstić information content (AvgIpc) is 2.90. The maximum absolute atomic E-state index is 12.4. The molecule has 1 amide bonds. The number of nitrogens with zero attached hydrogens (tertiary/aromatic N) is 3. The molecule has 0 N–H and O–H groups in total. The molecular weight excluding hydrogens is 254 g/mol. The first-order chi connectivity index (χ1) is 9.77. The second kappa shape index (κ2) is 5.46. The van der Waals surface area contributed by atoms with Gasteiger partial charge in [0.25, 0.3) is 5.91 Å². The van der Waals surface area contributed by atoms with E-state index < -0.39 is 0 Å². The molecule has 0 spiro atoms. The molecule has 104 valence electrons. The number of amides is 1. The lowest BCUT2D eigenvalue weighted by molar-refractivity contribution is -0.144. The molecule has 0 saturated carbocycles. The predicted molar refractivity (Wildman–Crippen MR) is 74.5 cm³/mol. The fraction of sp³-hybridized carbons (Fsp3) is 0.333. The van der Waals surface area contributed by atoms with Gasteiger partial charge in [-0.3, -0.25) is 9.63 Å². The van der Waals surface area contributed by atoms with Crippen molar-refractivity contribution in [1.82, 2.24) is 14.8 Å². The Hall–Kier alpha value is -2.14. The van der Waals surface area contributed by atoms with Crippen LogP contribution in [0, 0.1) is 6.92 Å². The third-order valence-corrected chi connectivity index (χ3v) is 3.47. The van der Waals surface area contributed by atoms with E-state index >= 15 is 0 Å². The van der Waals surface area contributed by atoms with Crippen molar-refractivity contribution in [3.63, 3.8) is 0 Å². The first-order valence-electron chi connectivity index (χ1n) is 6.82. The van der Waals surface area contributed by atoms with E-state index in [1.54, 1.807) is 10.9 Å². The number of hydrogen-bond donors (Lipinski definition) is 0. The zero-order valence-electron chi connectivity index (χ0n) is 11.5. The van der Waals surface area contributed by atoms with Crippen molar-refractivity contribution < 1.29 is 9.63 Å². The van der Waals surface area contributed by atoms with Crippen molar-refractivity contribution >= 4 is 5.91 Å². The Kier molecular flexibility index (Phi) is 3.52. The number of hydrogen-bond acceptors (Lipinski definition) is 3. The molecule has 0 atom stereocenters. The quantitative estimate of drug-likeness (QED) is 0.842. The van der Waals surface area contributed by atoms with E-state index in [1.165, 1.54) is 5.06 Å². The van der Waals surface area contributed by atoms with E-state index in [2.05, 4.69) is 5.10 Å². The second-order valence-electron chi connectivity index (χ2n) is 4.84. The van der Waals surface area contributed by atoms with E-state index in [1.807, 2.05) is 37.3 Å². The fourth-order valence-electron chi connectivity index (χ4n) is 2.34. The molecule has 1 aliphatic rings. The lowest BCUT2D eigenvalue weighted by Crippen LogP contribution is -2.35. The first-order valence-corrected chi connectivity index (χ1v) is 6.82. The van der Waals surface area contributed by atoms with Crippen molar-refractivity contribution in [2.24, 2.45) is 0 Å². The van der Waals surface area contributed by atoms with Crippen molar-refractivity contribution in [3.8, 4) is 5.69 Å². The molecule has 3 rings (SSSR count). The Labute approximate surface area is 117 Å². The molecule has 20 heavy (non-hydrogen) atoms. The second-order valence-corrected chi connectivity index (χ2v) is 4.84. The molecule has 5 heteroatoms. The Morgan fingerprint density at radius 2 is 2.05 bits per heavy atom. The summed E-state index contributed by atoms with van der Waals surface area (Å²) < 4.78 is 1.77. The van der Waals surface area contributed by atoms with Crippen molar-refractivity contribution in [3.05, 3.63) is 47.8 Å². The van der Waals surface area contributed by atoms with Gasteiger partial charge in [0, 0.05) is 6.54 Å². The SMILES string of the molecule is Cc1c(C(=O)N2CCCCO2)cnn1-c1ccccc1. The Morgan fingerprint density at radius 3 is 2.75 bits per heavy atom. The lowest BCUT2D eigenvalue weighted by atomic mass is 10.2. The van der Waals surface area contributed by atoms with Crippen LogP contribution in [0.25, 0.3) is 5.69 Å². The molecule has 1 aliphatic heterocycles. The molecule has 2 aromatic rings. The Bertz CT molecular complexity index is 601. The molecule has 0 radical (unpaired) electrons. The maximum Gasteiger partial charge on any atom is 0.280 e. The largest absolute Gasteiger partial charge is 0.280 e. The molecule has 0 aliphatic carbocycles. The van der Waals surface area contributed by atoms with Gasteiger partial charge in [-0.25, -0.2) is 9.75 Å². The summed E-state index contributed by atoms with van der Waals surface area (Å²) in [6, 6.07) is 9.78. The van der Waals surface area contributed by atoms with Gasteiger partial charge in [-0.15, -0.1) is 0 Å². The van der Waals surface area contributed by atoms with Crippen LogP contribution in [0.15, 0.2) is 36.5 Å². The smallest absolute Gasteiger partial charge is 0.271 e. The van der Waals surface area contributed by atoms with E-state index in [4.69, 9.17) is 4.84 Å². The highest BCUT2D eigenvalue weighted by Crippen LogP contribution is 2.17. The van der Waals surface area contributed by atoms with E-state index in [0.29, 0.717) is 18.7 Å². The van der Waals surface area contributed by atoms with Crippen molar-refractivity contribution in [2.45, 2.75) is 19.8 Å². The highest BCUT2D eigenvalue weighted by atomic mass is 16.7. The predicted octanol–water partition coefficient (Wildman–Crippen LogP) is 2.35. The summed E-state index contributed by atoms with van der Waals surface area (Å²) in [5.74, 6) is -0.107. The van der Waals surface area contributed by atoms with Crippen LogP contribution < -0.4 is 0 Å². The van der Waals surface area contributed by atoms with Crippen molar-refractivity contribution in [1.29, 1.82) is 0 Å². The summed E-state index contributed by atoms with van der Waals surface area (Å²) in [5.41, 5.74) is 2.37. The van der Waals surface area contributed by atoms with Gasteiger partial charge in [-0.1, -0.05) is 18.2 Å². The van der Waals surface area contributed by atoms with E-state index in [9.17, 15) is 4.79 Å². The van der Waals surface area contributed by atoms with Crippen LogP contribution in [-0.2, 0) is 4.84 Å². The highest BCUT2D eigenvalue weighted by Gasteiger charge is 2.23. The van der Waals surface area contributed by atoms with Gasteiger partial charge in [0.1, 0.15) is 0 Å². The summed E-state index contributed by atoms with van der Waals surface area (Å²) in [6.07, 6.45) is 3.60. The standard InChI is InChI=1S/C15H17N3O2/c1-12-14(15(19)17-9-5-6-10-20-17)11-16-18(12)13-7-3-2-4-8-13/h2-4,7-8,11H,5-6,9-10H2,1H3. The third-order valence-electron chi connectivity index (χ3n) is 3.47. The lowest BCUT2D eigenvalue weighted by Gasteiger charge is -2.25. The molecule has 5 nitrogen and oxygen atoms in total. The monoisotopic (exact) mass is 271 g/mol. The molecule has 0 unspecified atom stereocenters. The summed E-state index contributed by atoms with van der Waals surface area (Å²) in [7, 11) is 0. The number of benzene rings is 1. The van der Waals surface area contributed by atoms with Gasteiger partial charge < -0.3 is 0 Å². The minimum Gasteiger partial charge on any atom is -0.271 e. The van der Waals surface area contributed by atoms with E-state index in [-0.39, 0.29) is 5.91 Å². The molecule has 1 aromatic carbocycles. The van der Waals surface area contributed by atoms with Crippen LogP contribution in [0.2, 0.25) is 0 Å². The Balaban J connectivity index is 1.88.